The first-order valence-corrected chi connectivity index (χ1v) is 5.55. The molecule has 2 aromatic heterocycles. The van der Waals surface area contributed by atoms with Gasteiger partial charge in [-0.3, -0.25) is 0 Å². The molecule has 0 saturated heterocycles. The molecule has 7 nitrogen and oxygen atoms in total. The summed E-state index contributed by atoms with van der Waals surface area (Å²) < 4.78 is 1.10. The van der Waals surface area contributed by atoms with Crippen molar-refractivity contribution in [1.82, 2.24) is 24.7 Å². The van der Waals surface area contributed by atoms with Crippen LogP contribution in [0, 0.1) is 0 Å². The van der Waals surface area contributed by atoms with Gasteiger partial charge in [0.1, 0.15) is 5.82 Å². The number of aryl methyl sites for hydroxylation is 1. The van der Waals surface area contributed by atoms with Crippen molar-refractivity contribution < 1.29 is 0 Å². The maximum atomic E-state index is 11.3. The Balaban J connectivity index is 1.85. The highest BCUT2D eigenvalue weighted by Crippen LogP contribution is 2.10. The number of benzene rings is 1. The van der Waals surface area contributed by atoms with E-state index in [9.17, 15) is 9.59 Å². The number of aromatic nitrogens is 5. The van der Waals surface area contributed by atoms with Gasteiger partial charge >= 0.3 is 11.4 Å². The lowest BCUT2D eigenvalue weighted by atomic mass is 10.3. The second-order valence-corrected chi connectivity index (χ2v) is 3.96. The number of aromatic amines is 3. The summed E-state index contributed by atoms with van der Waals surface area (Å²) in [6.07, 6.45) is 0.496. The molecule has 92 valence electrons. The molecule has 0 saturated carbocycles. The Labute approximate surface area is 100 Å². The van der Waals surface area contributed by atoms with Gasteiger partial charge in [-0.25, -0.2) is 29.3 Å². The van der Waals surface area contributed by atoms with E-state index in [-0.39, 0.29) is 6.54 Å². The summed E-state index contributed by atoms with van der Waals surface area (Å²) in [5.41, 5.74) is 0.956. The molecule has 3 N–H and O–H groups in total. The number of rotatable bonds is 3. The van der Waals surface area contributed by atoms with E-state index < -0.39 is 11.4 Å². The second kappa shape index (κ2) is 4.02. The van der Waals surface area contributed by atoms with Crippen LogP contribution >= 0.6 is 0 Å². The van der Waals surface area contributed by atoms with Gasteiger partial charge in [-0.05, 0) is 12.1 Å². The molecule has 7 heteroatoms. The number of imidazole rings is 1. The summed E-state index contributed by atoms with van der Waals surface area (Å²) in [5.74, 6) is 0.753. The summed E-state index contributed by atoms with van der Waals surface area (Å²) in [4.78, 5) is 30.1. The average molecular weight is 245 g/mol. The van der Waals surface area contributed by atoms with Gasteiger partial charge in [0, 0.05) is 13.0 Å². The van der Waals surface area contributed by atoms with Crippen LogP contribution in [0.25, 0.3) is 11.0 Å². The van der Waals surface area contributed by atoms with E-state index in [1.54, 1.807) is 0 Å². The first kappa shape index (κ1) is 10.6. The first-order valence-electron chi connectivity index (χ1n) is 5.55. The van der Waals surface area contributed by atoms with Crippen LogP contribution in [0.4, 0.5) is 0 Å². The van der Waals surface area contributed by atoms with Crippen molar-refractivity contribution in [2.24, 2.45) is 0 Å². The van der Waals surface area contributed by atoms with Crippen molar-refractivity contribution in [2.45, 2.75) is 13.0 Å². The monoisotopic (exact) mass is 245 g/mol. The fourth-order valence-corrected chi connectivity index (χ4v) is 1.88. The molecule has 0 aliphatic carbocycles. The van der Waals surface area contributed by atoms with E-state index in [0.717, 1.165) is 21.4 Å². The average Bonchev–Trinajstić information content (AvgIpc) is 2.91. The van der Waals surface area contributed by atoms with Gasteiger partial charge < -0.3 is 4.98 Å². The third kappa shape index (κ3) is 1.75. The predicted molar refractivity (Wildman–Crippen MR) is 65.5 cm³/mol. The van der Waals surface area contributed by atoms with Gasteiger partial charge in [0.2, 0.25) is 0 Å². The maximum Gasteiger partial charge on any atom is 0.344 e. The van der Waals surface area contributed by atoms with E-state index in [0.29, 0.717) is 6.42 Å². The molecule has 18 heavy (non-hydrogen) atoms. The van der Waals surface area contributed by atoms with E-state index >= 15 is 0 Å². The zero-order valence-electron chi connectivity index (χ0n) is 9.43. The molecule has 0 radical (unpaired) electrons. The molecule has 3 aromatic rings. The fourth-order valence-electron chi connectivity index (χ4n) is 1.88. The number of H-pyrrole nitrogens is 3. The van der Waals surface area contributed by atoms with E-state index in [1.165, 1.54) is 0 Å². The number of fused-ring (bicyclic) bond motifs is 1. The van der Waals surface area contributed by atoms with Crippen molar-refractivity contribution in [3.05, 3.63) is 51.1 Å². The van der Waals surface area contributed by atoms with E-state index in [1.807, 2.05) is 24.3 Å². The summed E-state index contributed by atoms with van der Waals surface area (Å²) in [7, 11) is 0. The molecule has 0 fully saturated rings. The maximum absolute atomic E-state index is 11.3. The molecule has 2 heterocycles. The van der Waals surface area contributed by atoms with Gasteiger partial charge in [0.25, 0.3) is 0 Å². The van der Waals surface area contributed by atoms with Crippen LogP contribution in [0.2, 0.25) is 0 Å². The lowest BCUT2D eigenvalue weighted by Gasteiger charge is -1.95. The van der Waals surface area contributed by atoms with Crippen LogP contribution in [0.3, 0.4) is 0 Å². The SMILES string of the molecule is O=c1[nH][nH]c(=O)n1CCc1nc2ccccc2[nH]1. The Kier molecular flexibility index (Phi) is 2.36. The molecule has 0 bridgehead atoms. The molecular weight excluding hydrogens is 234 g/mol. The van der Waals surface area contributed by atoms with Gasteiger partial charge in [-0.1, -0.05) is 12.1 Å². The van der Waals surface area contributed by atoms with Crippen LogP contribution < -0.4 is 11.4 Å². The quantitative estimate of drug-likeness (QED) is 0.604. The van der Waals surface area contributed by atoms with Crippen LogP contribution in [-0.4, -0.2) is 24.7 Å². The highest BCUT2D eigenvalue weighted by molar-refractivity contribution is 5.74. The molecular formula is C11H11N5O2. The van der Waals surface area contributed by atoms with Crippen molar-refractivity contribution in [3.63, 3.8) is 0 Å². The van der Waals surface area contributed by atoms with Crippen molar-refractivity contribution >= 4 is 11.0 Å². The molecule has 0 amide bonds. The third-order valence-electron chi connectivity index (χ3n) is 2.78. The summed E-state index contributed by atoms with van der Waals surface area (Å²) in [6.45, 7) is 0.289. The normalized spacial score (nSPS) is 11.1. The number of nitrogens with zero attached hydrogens (tertiary/aromatic N) is 2. The molecule has 0 unspecified atom stereocenters. The van der Waals surface area contributed by atoms with Crippen molar-refractivity contribution in [2.75, 3.05) is 0 Å². The van der Waals surface area contributed by atoms with E-state index in [4.69, 9.17) is 0 Å². The minimum Gasteiger partial charge on any atom is -0.342 e. The largest absolute Gasteiger partial charge is 0.344 e. The standard InChI is InChI=1S/C11H11N5O2/c17-10-14-15-11(18)16(10)6-5-9-12-7-3-1-2-4-8(7)13-9/h1-4H,5-6H2,(H,12,13)(H,14,17)(H,15,18). The highest BCUT2D eigenvalue weighted by atomic mass is 16.2. The Morgan fingerprint density at radius 3 is 2.56 bits per heavy atom. The zero-order valence-corrected chi connectivity index (χ0v) is 9.43. The highest BCUT2D eigenvalue weighted by Gasteiger charge is 2.05. The topological polar surface area (TPSA) is 99.3 Å². The third-order valence-corrected chi connectivity index (χ3v) is 2.78. The Morgan fingerprint density at radius 1 is 1.11 bits per heavy atom. The molecule has 1 aromatic carbocycles. The second-order valence-electron chi connectivity index (χ2n) is 3.96. The minimum absolute atomic E-state index is 0.289. The Morgan fingerprint density at radius 2 is 1.83 bits per heavy atom. The van der Waals surface area contributed by atoms with Crippen LogP contribution in [0.1, 0.15) is 5.82 Å². The molecule has 0 aliphatic heterocycles. The molecule has 0 atom stereocenters. The van der Waals surface area contributed by atoms with Gasteiger partial charge in [0.15, 0.2) is 0 Å². The molecule has 0 aliphatic rings. The van der Waals surface area contributed by atoms with Crippen molar-refractivity contribution in [3.8, 4) is 0 Å². The molecule has 0 spiro atoms. The lowest BCUT2D eigenvalue weighted by Crippen LogP contribution is -2.27. The summed E-state index contributed by atoms with van der Waals surface area (Å²) in [5, 5.41) is 4.48. The van der Waals surface area contributed by atoms with E-state index in [2.05, 4.69) is 20.2 Å². The van der Waals surface area contributed by atoms with Crippen LogP contribution in [0.15, 0.2) is 33.9 Å². The first-order chi connectivity index (χ1) is 8.74. The molecule has 3 rings (SSSR count). The summed E-state index contributed by atoms with van der Waals surface area (Å²) in [6, 6.07) is 7.67. The van der Waals surface area contributed by atoms with Crippen molar-refractivity contribution in [1.29, 1.82) is 0 Å². The lowest BCUT2D eigenvalue weighted by molar-refractivity contribution is 0.636. The summed E-state index contributed by atoms with van der Waals surface area (Å²) >= 11 is 0. The van der Waals surface area contributed by atoms with Gasteiger partial charge in [-0.15, -0.1) is 0 Å². The fraction of sp³-hybridized carbons (Fsp3) is 0.182. The predicted octanol–water partition coefficient (Wildman–Crippen LogP) is -0.0163. The smallest absolute Gasteiger partial charge is 0.342 e. The van der Waals surface area contributed by atoms with Crippen LogP contribution in [-0.2, 0) is 13.0 Å². The Bertz CT molecular complexity index is 731. The Hall–Kier alpha value is -2.57. The van der Waals surface area contributed by atoms with Crippen LogP contribution in [0.5, 0.6) is 0 Å². The van der Waals surface area contributed by atoms with Gasteiger partial charge in [0.05, 0.1) is 11.0 Å². The minimum atomic E-state index is -0.434. The number of hydrogen-bond donors (Lipinski definition) is 3. The number of para-hydroxylation sites is 2. The number of nitrogens with one attached hydrogen (secondary N) is 3. The number of hydrogen-bond acceptors (Lipinski definition) is 3. The van der Waals surface area contributed by atoms with Gasteiger partial charge in [-0.2, -0.15) is 0 Å². The zero-order chi connectivity index (χ0) is 12.5.